The van der Waals surface area contributed by atoms with Gasteiger partial charge in [0.1, 0.15) is 0 Å². The molecule has 3 nitrogen and oxygen atoms in total. The number of nitrogens with one attached hydrogen (secondary N) is 1. The Morgan fingerprint density at radius 3 is 2.71 bits per heavy atom. The summed E-state index contributed by atoms with van der Waals surface area (Å²) < 4.78 is 11.0. The van der Waals surface area contributed by atoms with E-state index in [2.05, 4.69) is 17.4 Å². The minimum Gasteiger partial charge on any atom is -0.382 e. The molecular formula is C14H21NO2. The Kier molecular flexibility index (Phi) is 4.98. The summed E-state index contributed by atoms with van der Waals surface area (Å²) in [4.78, 5) is 0. The molecule has 0 bridgehead atoms. The maximum atomic E-state index is 5.86. The third kappa shape index (κ3) is 4.86. The summed E-state index contributed by atoms with van der Waals surface area (Å²) in [5.41, 5.74) is 1.21. The van der Waals surface area contributed by atoms with Crippen LogP contribution in [-0.2, 0) is 16.1 Å². The van der Waals surface area contributed by atoms with Crippen molar-refractivity contribution in [2.75, 3.05) is 20.3 Å². The molecule has 2 rings (SSSR count). The number of benzene rings is 1. The van der Waals surface area contributed by atoms with E-state index < -0.39 is 0 Å². The zero-order valence-electron chi connectivity index (χ0n) is 10.4. The summed E-state index contributed by atoms with van der Waals surface area (Å²) >= 11 is 0. The summed E-state index contributed by atoms with van der Waals surface area (Å²) in [6, 6.07) is 11.0. The van der Waals surface area contributed by atoms with Crippen molar-refractivity contribution in [3.63, 3.8) is 0 Å². The number of methoxy groups -OCH3 is 1. The third-order valence-electron chi connectivity index (χ3n) is 2.89. The van der Waals surface area contributed by atoms with Gasteiger partial charge >= 0.3 is 0 Å². The molecule has 3 heteroatoms. The van der Waals surface area contributed by atoms with Crippen LogP contribution in [0.25, 0.3) is 0 Å². The fraction of sp³-hybridized carbons (Fsp3) is 0.571. The molecule has 0 saturated heterocycles. The van der Waals surface area contributed by atoms with E-state index >= 15 is 0 Å². The van der Waals surface area contributed by atoms with E-state index in [4.69, 9.17) is 9.47 Å². The Bertz CT molecular complexity index is 311. The second-order valence-electron chi connectivity index (χ2n) is 4.56. The van der Waals surface area contributed by atoms with Crippen LogP contribution in [0.4, 0.5) is 0 Å². The highest BCUT2D eigenvalue weighted by Crippen LogP contribution is 2.18. The number of rotatable bonds is 8. The van der Waals surface area contributed by atoms with E-state index in [0.29, 0.717) is 13.2 Å². The van der Waals surface area contributed by atoms with Crippen LogP contribution in [0.5, 0.6) is 0 Å². The predicted octanol–water partition coefficient (Wildman–Crippen LogP) is 1.97. The number of hydrogen-bond acceptors (Lipinski definition) is 3. The Labute approximate surface area is 103 Å². The molecule has 0 aliphatic heterocycles. The molecule has 0 aromatic heterocycles. The van der Waals surface area contributed by atoms with Crippen LogP contribution in [0.15, 0.2) is 30.3 Å². The zero-order valence-corrected chi connectivity index (χ0v) is 10.4. The molecule has 0 radical (unpaired) electrons. The molecule has 1 aromatic carbocycles. The lowest BCUT2D eigenvalue weighted by atomic mass is 10.2. The molecule has 1 unspecified atom stereocenters. The van der Waals surface area contributed by atoms with Gasteiger partial charge < -0.3 is 14.8 Å². The highest BCUT2D eigenvalue weighted by molar-refractivity contribution is 5.13. The van der Waals surface area contributed by atoms with Gasteiger partial charge in [0.15, 0.2) is 0 Å². The normalized spacial score (nSPS) is 17.0. The first-order chi connectivity index (χ1) is 8.38. The quantitative estimate of drug-likeness (QED) is 0.747. The molecular weight excluding hydrogens is 214 g/mol. The maximum Gasteiger partial charge on any atom is 0.0936 e. The lowest BCUT2D eigenvalue weighted by Gasteiger charge is -2.17. The molecule has 1 aliphatic carbocycles. The van der Waals surface area contributed by atoms with Crippen LogP contribution in [0.1, 0.15) is 18.4 Å². The second kappa shape index (κ2) is 6.74. The Morgan fingerprint density at radius 2 is 2.06 bits per heavy atom. The van der Waals surface area contributed by atoms with Crippen LogP contribution in [0.3, 0.4) is 0 Å². The topological polar surface area (TPSA) is 30.5 Å². The minimum atomic E-state index is 0.140. The first kappa shape index (κ1) is 12.6. The van der Waals surface area contributed by atoms with Gasteiger partial charge in [0, 0.05) is 19.7 Å². The van der Waals surface area contributed by atoms with E-state index in [9.17, 15) is 0 Å². The van der Waals surface area contributed by atoms with Gasteiger partial charge in [-0.05, 0) is 18.4 Å². The van der Waals surface area contributed by atoms with E-state index in [1.54, 1.807) is 7.11 Å². The summed E-state index contributed by atoms with van der Waals surface area (Å²) in [6.07, 6.45) is 2.75. The van der Waals surface area contributed by atoms with Crippen molar-refractivity contribution in [2.24, 2.45) is 0 Å². The molecule has 1 N–H and O–H groups in total. The van der Waals surface area contributed by atoms with Crippen molar-refractivity contribution >= 4 is 0 Å². The van der Waals surface area contributed by atoms with Gasteiger partial charge in [0.25, 0.3) is 0 Å². The van der Waals surface area contributed by atoms with Gasteiger partial charge in [0.2, 0.25) is 0 Å². The van der Waals surface area contributed by atoms with Crippen LogP contribution < -0.4 is 5.32 Å². The minimum absolute atomic E-state index is 0.140. The van der Waals surface area contributed by atoms with Gasteiger partial charge in [-0.3, -0.25) is 0 Å². The molecule has 17 heavy (non-hydrogen) atoms. The zero-order chi connectivity index (χ0) is 11.9. The SMILES string of the molecule is COCC(CNC1CC1)OCc1ccccc1. The molecule has 1 saturated carbocycles. The largest absolute Gasteiger partial charge is 0.382 e. The third-order valence-corrected chi connectivity index (χ3v) is 2.89. The first-order valence-electron chi connectivity index (χ1n) is 6.26. The fourth-order valence-corrected chi connectivity index (χ4v) is 1.73. The molecule has 1 aliphatic rings. The standard InChI is InChI=1S/C14H21NO2/c1-16-11-14(9-15-13-7-8-13)17-10-12-5-3-2-4-6-12/h2-6,13-15H,7-11H2,1H3. The van der Waals surface area contributed by atoms with Gasteiger partial charge in [0.05, 0.1) is 19.3 Å². The van der Waals surface area contributed by atoms with Gasteiger partial charge in [-0.25, -0.2) is 0 Å². The first-order valence-corrected chi connectivity index (χ1v) is 6.26. The van der Waals surface area contributed by atoms with Crippen molar-refractivity contribution < 1.29 is 9.47 Å². The van der Waals surface area contributed by atoms with Gasteiger partial charge in [-0.1, -0.05) is 30.3 Å². The summed E-state index contributed by atoms with van der Waals surface area (Å²) in [5.74, 6) is 0. The van der Waals surface area contributed by atoms with E-state index in [-0.39, 0.29) is 6.10 Å². The van der Waals surface area contributed by atoms with Gasteiger partial charge in [-0.2, -0.15) is 0 Å². The number of hydrogen-bond donors (Lipinski definition) is 1. The Balaban J connectivity index is 1.71. The van der Waals surface area contributed by atoms with Gasteiger partial charge in [-0.15, -0.1) is 0 Å². The van der Waals surface area contributed by atoms with Crippen LogP contribution >= 0.6 is 0 Å². The van der Waals surface area contributed by atoms with Crippen molar-refractivity contribution in [1.29, 1.82) is 0 Å². The van der Waals surface area contributed by atoms with Crippen LogP contribution in [0.2, 0.25) is 0 Å². The fourth-order valence-electron chi connectivity index (χ4n) is 1.73. The average molecular weight is 235 g/mol. The van der Waals surface area contributed by atoms with E-state index in [1.165, 1.54) is 18.4 Å². The highest BCUT2D eigenvalue weighted by Gasteiger charge is 2.22. The molecule has 94 valence electrons. The Hall–Kier alpha value is -0.900. The Morgan fingerprint density at radius 1 is 1.29 bits per heavy atom. The molecule has 0 heterocycles. The van der Waals surface area contributed by atoms with Crippen LogP contribution in [-0.4, -0.2) is 32.4 Å². The molecule has 1 fully saturated rings. The lowest BCUT2D eigenvalue weighted by Crippen LogP contribution is -2.33. The molecule has 0 amide bonds. The highest BCUT2D eigenvalue weighted by atomic mass is 16.5. The molecule has 0 spiro atoms. The monoisotopic (exact) mass is 235 g/mol. The van der Waals surface area contributed by atoms with Crippen molar-refractivity contribution in [3.05, 3.63) is 35.9 Å². The smallest absolute Gasteiger partial charge is 0.0936 e. The summed E-state index contributed by atoms with van der Waals surface area (Å²) in [7, 11) is 1.72. The summed E-state index contributed by atoms with van der Waals surface area (Å²) in [5, 5.41) is 3.47. The van der Waals surface area contributed by atoms with Crippen LogP contribution in [0, 0.1) is 0 Å². The lowest BCUT2D eigenvalue weighted by molar-refractivity contribution is -0.0103. The summed E-state index contributed by atoms with van der Waals surface area (Å²) in [6.45, 7) is 2.18. The van der Waals surface area contributed by atoms with Crippen molar-refractivity contribution in [1.82, 2.24) is 5.32 Å². The van der Waals surface area contributed by atoms with E-state index in [0.717, 1.165) is 12.6 Å². The van der Waals surface area contributed by atoms with Crippen molar-refractivity contribution in [2.45, 2.75) is 31.6 Å². The average Bonchev–Trinajstić information content (AvgIpc) is 3.18. The van der Waals surface area contributed by atoms with Crippen molar-refractivity contribution in [3.8, 4) is 0 Å². The van der Waals surface area contributed by atoms with E-state index in [1.807, 2.05) is 18.2 Å². The predicted molar refractivity (Wildman–Crippen MR) is 67.9 cm³/mol. The maximum absolute atomic E-state index is 5.86. The number of ether oxygens (including phenoxy) is 2. The second-order valence-corrected chi connectivity index (χ2v) is 4.56. The molecule has 1 aromatic rings. The molecule has 1 atom stereocenters.